The van der Waals surface area contributed by atoms with E-state index in [-0.39, 0.29) is 11.4 Å². The van der Waals surface area contributed by atoms with Crippen LogP contribution in [-0.2, 0) is 21.4 Å². The Kier molecular flexibility index (Phi) is 3.83. The second-order valence-corrected chi connectivity index (χ2v) is 7.04. The van der Waals surface area contributed by atoms with Crippen LogP contribution in [0.15, 0.2) is 53.4 Å². The van der Waals surface area contributed by atoms with E-state index in [4.69, 9.17) is 4.74 Å². The lowest BCUT2D eigenvalue weighted by Gasteiger charge is -2.20. The molecule has 0 aliphatic carbocycles. The minimum absolute atomic E-state index is 0.0159. The number of rotatable bonds is 4. The highest BCUT2D eigenvalue weighted by Crippen LogP contribution is 2.40. The van der Waals surface area contributed by atoms with Crippen LogP contribution in [0.4, 0.5) is 0 Å². The lowest BCUT2D eigenvalue weighted by Crippen LogP contribution is -2.32. The molecule has 0 unspecified atom stereocenters. The molecule has 2 aromatic carbocycles. The van der Waals surface area contributed by atoms with E-state index in [0.29, 0.717) is 16.9 Å². The number of sulfonamides is 1. The van der Waals surface area contributed by atoms with Gasteiger partial charge in [-0.25, -0.2) is 8.42 Å². The molecule has 0 amide bonds. The van der Waals surface area contributed by atoms with Crippen molar-refractivity contribution in [1.82, 2.24) is 4.31 Å². The highest BCUT2D eigenvalue weighted by molar-refractivity contribution is 7.89. The van der Waals surface area contributed by atoms with Crippen molar-refractivity contribution >= 4 is 16.0 Å². The highest BCUT2D eigenvalue weighted by atomic mass is 32.2. The van der Waals surface area contributed by atoms with Crippen molar-refractivity contribution in [3.63, 3.8) is 0 Å². The molecule has 0 spiro atoms. The third-order valence-corrected chi connectivity index (χ3v) is 5.70. The number of benzene rings is 2. The van der Waals surface area contributed by atoms with Gasteiger partial charge in [-0.1, -0.05) is 30.3 Å². The second-order valence-electron chi connectivity index (χ2n) is 5.18. The summed E-state index contributed by atoms with van der Waals surface area (Å²) >= 11 is 0. The summed E-state index contributed by atoms with van der Waals surface area (Å²) in [6, 6.07) is 11.9. The lowest BCUT2D eigenvalue weighted by atomic mass is 10.1. The zero-order valence-electron chi connectivity index (χ0n) is 12.3. The molecule has 0 radical (unpaired) electrons. The Morgan fingerprint density at radius 3 is 2.43 bits per heavy atom. The predicted molar refractivity (Wildman–Crippen MR) is 82.5 cm³/mol. The van der Waals surface area contributed by atoms with Crippen LogP contribution in [0.3, 0.4) is 0 Å². The zero-order chi connectivity index (χ0) is 16.6. The average Bonchev–Trinajstić information content (AvgIpc) is 2.76. The Bertz CT molecular complexity index is 845. The third kappa shape index (κ3) is 2.58. The van der Waals surface area contributed by atoms with Crippen LogP contribution in [-0.4, -0.2) is 30.9 Å². The smallest absolute Gasteiger partial charge is 0.326 e. The molecule has 1 heterocycles. The average molecular weight is 333 g/mol. The molecule has 23 heavy (non-hydrogen) atoms. The first-order chi connectivity index (χ1) is 10.9. The maximum Gasteiger partial charge on any atom is 0.326 e. The number of fused-ring (bicyclic) bond motifs is 1. The topological polar surface area (TPSA) is 83.9 Å². The van der Waals surface area contributed by atoms with E-state index in [2.05, 4.69) is 0 Å². The molecule has 0 saturated carbocycles. The normalized spacial score (nSPS) is 19.3. The van der Waals surface area contributed by atoms with Crippen LogP contribution in [0.1, 0.15) is 17.2 Å². The van der Waals surface area contributed by atoms with Gasteiger partial charge in [0.1, 0.15) is 11.8 Å². The van der Waals surface area contributed by atoms with Crippen LogP contribution in [0.2, 0.25) is 0 Å². The molecule has 0 fully saturated rings. The van der Waals surface area contributed by atoms with E-state index in [1.165, 1.54) is 13.2 Å². The summed E-state index contributed by atoms with van der Waals surface area (Å²) < 4.78 is 31.4. The quantitative estimate of drug-likeness (QED) is 0.925. The van der Waals surface area contributed by atoms with Crippen LogP contribution in [0.5, 0.6) is 5.75 Å². The van der Waals surface area contributed by atoms with Gasteiger partial charge in [-0.15, -0.1) is 0 Å². The Morgan fingerprint density at radius 1 is 1.17 bits per heavy atom. The molecular weight excluding hydrogens is 318 g/mol. The number of hydrogen-bond donors (Lipinski definition) is 1. The fourth-order valence-corrected chi connectivity index (χ4v) is 4.49. The first kappa shape index (κ1) is 15.5. The summed E-state index contributed by atoms with van der Waals surface area (Å²) in [5.41, 5.74) is 0.988. The van der Waals surface area contributed by atoms with Gasteiger partial charge in [-0.2, -0.15) is 4.31 Å². The van der Waals surface area contributed by atoms with E-state index in [1.54, 1.807) is 42.5 Å². The van der Waals surface area contributed by atoms with Gasteiger partial charge in [0.25, 0.3) is 0 Å². The summed E-state index contributed by atoms with van der Waals surface area (Å²) in [6.45, 7) is -0.0159. The summed E-state index contributed by atoms with van der Waals surface area (Å²) in [6.07, 6.45) is 0. The van der Waals surface area contributed by atoms with Gasteiger partial charge in [0, 0.05) is 12.1 Å². The van der Waals surface area contributed by atoms with Gasteiger partial charge >= 0.3 is 5.97 Å². The van der Waals surface area contributed by atoms with Gasteiger partial charge in [-0.05, 0) is 23.8 Å². The largest absolute Gasteiger partial charge is 0.497 e. The molecule has 3 rings (SSSR count). The number of nitrogens with zero attached hydrogens (tertiary/aromatic N) is 1. The Hall–Kier alpha value is -2.38. The summed E-state index contributed by atoms with van der Waals surface area (Å²) in [7, 11) is -2.29. The Labute approximate surface area is 134 Å². The number of carboxylic acid groups (broad SMARTS) is 1. The van der Waals surface area contributed by atoms with Crippen molar-refractivity contribution in [2.24, 2.45) is 0 Å². The van der Waals surface area contributed by atoms with Crippen molar-refractivity contribution in [1.29, 1.82) is 0 Å². The fraction of sp³-hybridized carbons (Fsp3) is 0.188. The number of methoxy groups -OCH3 is 1. The molecule has 7 heteroatoms. The minimum Gasteiger partial charge on any atom is -0.497 e. The molecule has 1 aliphatic rings. The van der Waals surface area contributed by atoms with E-state index in [9.17, 15) is 18.3 Å². The number of aliphatic carboxylic acids is 1. The number of ether oxygens (including phenoxy) is 1. The monoisotopic (exact) mass is 333 g/mol. The second kappa shape index (κ2) is 5.68. The molecule has 1 atom stereocenters. The van der Waals surface area contributed by atoms with Crippen LogP contribution in [0.25, 0.3) is 0 Å². The van der Waals surface area contributed by atoms with E-state index in [0.717, 1.165) is 4.31 Å². The van der Waals surface area contributed by atoms with Gasteiger partial charge in [-0.3, -0.25) is 4.79 Å². The molecule has 2 aromatic rings. The number of carboxylic acids is 1. The Balaban J connectivity index is 2.01. The maximum absolute atomic E-state index is 12.7. The fourth-order valence-electron chi connectivity index (χ4n) is 2.70. The molecule has 0 aromatic heterocycles. The van der Waals surface area contributed by atoms with Gasteiger partial charge in [0.05, 0.1) is 12.0 Å². The van der Waals surface area contributed by atoms with Crippen molar-refractivity contribution in [2.45, 2.75) is 17.5 Å². The highest BCUT2D eigenvalue weighted by Gasteiger charge is 2.46. The van der Waals surface area contributed by atoms with E-state index in [1.807, 2.05) is 0 Å². The van der Waals surface area contributed by atoms with Crippen molar-refractivity contribution in [3.8, 4) is 5.75 Å². The van der Waals surface area contributed by atoms with Gasteiger partial charge in [0.2, 0.25) is 10.0 Å². The van der Waals surface area contributed by atoms with Gasteiger partial charge in [0.15, 0.2) is 0 Å². The van der Waals surface area contributed by atoms with E-state index < -0.39 is 22.0 Å². The summed E-state index contributed by atoms with van der Waals surface area (Å²) in [4.78, 5) is 11.7. The maximum atomic E-state index is 12.7. The Morgan fingerprint density at radius 2 is 1.83 bits per heavy atom. The van der Waals surface area contributed by atoms with Crippen LogP contribution >= 0.6 is 0 Å². The number of hydrogen-bond acceptors (Lipinski definition) is 4. The molecular formula is C16H15NO5S. The van der Waals surface area contributed by atoms with Crippen molar-refractivity contribution in [3.05, 3.63) is 59.7 Å². The summed E-state index contributed by atoms with van der Waals surface area (Å²) in [5, 5.41) is 9.50. The standard InChI is InChI=1S/C16H15NO5S/c1-22-12-8-6-11(7-9-12)10-17-15(16(18)19)13-4-2-3-5-14(13)23(17,20)21/h2-9,15H,10H2,1H3,(H,18,19)/t15-/m1/s1. The van der Waals surface area contributed by atoms with E-state index >= 15 is 0 Å². The van der Waals surface area contributed by atoms with Gasteiger partial charge < -0.3 is 9.84 Å². The molecule has 120 valence electrons. The van der Waals surface area contributed by atoms with Crippen molar-refractivity contribution in [2.75, 3.05) is 7.11 Å². The van der Waals surface area contributed by atoms with Crippen LogP contribution in [0, 0.1) is 0 Å². The summed E-state index contributed by atoms with van der Waals surface area (Å²) in [5.74, 6) is -0.539. The molecule has 1 N–H and O–H groups in total. The first-order valence-corrected chi connectivity index (χ1v) is 8.35. The molecule has 0 saturated heterocycles. The molecule has 1 aliphatic heterocycles. The minimum atomic E-state index is -3.83. The zero-order valence-corrected chi connectivity index (χ0v) is 13.2. The molecule has 0 bridgehead atoms. The predicted octanol–water partition coefficient (Wildman–Crippen LogP) is 2.03. The van der Waals surface area contributed by atoms with Crippen molar-refractivity contribution < 1.29 is 23.1 Å². The third-order valence-electron chi connectivity index (χ3n) is 3.82. The SMILES string of the molecule is COc1ccc(CN2[C@@H](C(=O)O)c3ccccc3S2(=O)=O)cc1. The number of carbonyl (C=O) groups is 1. The molecule has 6 nitrogen and oxygen atoms in total. The van der Waals surface area contributed by atoms with Crippen LogP contribution < -0.4 is 4.74 Å². The lowest BCUT2D eigenvalue weighted by molar-refractivity contribution is -0.141. The first-order valence-electron chi connectivity index (χ1n) is 6.91.